The lowest BCUT2D eigenvalue weighted by atomic mass is 9.88. The molecule has 4 rings (SSSR count). The van der Waals surface area contributed by atoms with E-state index in [1.54, 1.807) is 6.07 Å². The van der Waals surface area contributed by atoms with E-state index in [1.807, 2.05) is 30.3 Å². The molecule has 1 saturated heterocycles. The van der Waals surface area contributed by atoms with Crippen LogP contribution in [0.3, 0.4) is 0 Å². The first-order valence-electron chi connectivity index (χ1n) is 10.7. The molecule has 0 saturated carbocycles. The van der Waals surface area contributed by atoms with Gasteiger partial charge in [-0.3, -0.25) is 14.5 Å². The summed E-state index contributed by atoms with van der Waals surface area (Å²) < 4.78 is 11.1. The quantitative estimate of drug-likeness (QED) is 0.741. The Kier molecular flexibility index (Phi) is 6.33. The van der Waals surface area contributed by atoms with E-state index in [2.05, 4.69) is 23.2 Å². The number of hydrogen-bond acceptors (Lipinski definition) is 5. The third-order valence-corrected chi connectivity index (χ3v) is 5.77. The number of ether oxygens (including phenoxy) is 2. The molecule has 2 aliphatic heterocycles. The summed E-state index contributed by atoms with van der Waals surface area (Å²) in [6, 6.07) is 13.4. The van der Waals surface area contributed by atoms with Crippen LogP contribution in [0.5, 0.6) is 11.5 Å². The second-order valence-corrected chi connectivity index (χ2v) is 7.88. The predicted octanol–water partition coefficient (Wildman–Crippen LogP) is 3.55. The SMILES string of the molecule is CCc1cccc(NC(=O)CN2CCC(C(=O)c3ccc4c(c3)OCCO4)CC2)c1. The van der Waals surface area contributed by atoms with Gasteiger partial charge >= 0.3 is 0 Å². The van der Waals surface area contributed by atoms with Gasteiger partial charge in [-0.05, 0) is 68.2 Å². The number of likely N-dealkylation sites (tertiary alicyclic amines) is 1. The van der Waals surface area contributed by atoms with Crippen LogP contribution in [0.4, 0.5) is 5.69 Å². The number of aryl methyl sites for hydroxylation is 1. The molecule has 0 radical (unpaired) electrons. The van der Waals surface area contributed by atoms with Gasteiger partial charge in [-0.25, -0.2) is 0 Å². The molecule has 6 heteroatoms. The maximum Gasteiger partial charge on any atom is 0.238 e. The summed E-state index contributed by atoms with van der Waals surface area (Å²) in [6.45, 7) is 4.97. The molecule has 0 aromatic heterocycles. The summed E-state index contributed by atoms with van der Waals surface area (Å²) in [7, 11) is 0. The molecule has 1 amide bonds. The van der Waals surface area contributed by atoms with Crippen LogP contribution in [-0.2, 0) is 11.2 Å². The minimum Gasteiger partial charge on any atom is -0.486 e. The molecule has 0 atom stereocenters. The number of carbonyl (C=O) groups is 2. The lowest BCUT2D eigenvalue weighted by molar-refractivity contribution is -0.117. The highest BCUT2D eigenvalue weighted by atomic mass is 16.6. The molecule has 0 spiro atoms. The van der Waals surface area contributed by atoms with Crippen molar-refractivity contribution in [2.24, 2.45) is 5.92 Å². The lowest BCUT2D eigenvalue weighted by Gasteiger charge is -2.31. The summed E-state index contributed by atoms with van der Waals surface area (Å²) >= 11 is 0. The van der Waals surface area contributed by atoms with Gasteiger partial charge in [0.2, 0.25) is 5.91 Å². The topological polar surface area (TPSA) is 67.9 Å². The smallest absolute Gasteiger partial charge is 0.238 e. The Balaban J connectivity index is 1.28. The molecule has 158 valence electrons. The van der Waals surface area contributed by atoms with Crippen LogP contribution in [0.25, 0.3) is 0 Å². The molecule has 2 heterocycles. The Bertz CT molecular complexity index is 919. The average molecular weight is 408 g/mol. The zero-order chi connectivity index (χ0) is 20.9. The summed E-state index contributed by atoms with van der Waals surface area (Å²) in [5.74, 6) is 1.46. The molecule has 1 N–H and O–H groups in total. The number of Topliss-reactive ketones (excluding diaryl/α,β-unsaturated/α-hetero) is 1. The number of fused-ring (bicyclic) bond motifs is 1. The summed E-state index contributed by atoms with van der Waals surface area (Å²) in [5, 5.41) is 2.98. The van der Waals surface area contributed by atoms with Crippen molar-refractivity contribution in [3.05, 3.63) is 53.6 Å². The van der Waals surface area contributed by atoms with E-state index in [9.17, 15) is 9.59 Å². The number of piperidine rings is 1. The maximum atomic E-state index is 12.9. The second-order valence-electron chi connectivity index (χ2n) is 7.88. The van der Waals surface area contributed by atoms with Crippen molar-refractivity contribution in [3.8, 4) is 11.5 Å². The standard InChI is InChI=1S/C24H28N2O4/c1-2-17-4-3-5-20(14-17)25-23(27)16-26-10-8-18(9-11-26)24(28)19-6-7-21-22(15-19)30-13-12-29-21/h3-7,14-15,18H,2,8-13,16H2,1H3,(H,25,27). The van der Waals surface area contributed by atoms with E-state index < -0.39 is 0 Å². The van der Waals surface area contributed by atoms with E-state index in [4.69, 9.17) is 9.47 Å². The third kappa shape index (κ3) is 4.82. The Morgan fingerprint density at radius 3 is 2.57 bits per heavy atom. The summed E-state index contributed by atoms with van der Waals surface area (Å²) in [4.78, 5) is 27.4. The first kappa shape index (κ1) is 20.4. The van der Waals surface area contributed by atoms with Crippen LogP contribution >= 0.6 is 0 Å². The minimum atomic E-state index is -0.0203. The van der Waals surface area contributed by atoms with Crippen LogP contribution in [0.2, 0.25) is 0 Å². The molecule has 0 unspecified atom stereocenters. The van der Waals surface area contributed by atoms with E-state index in [-0.39, 0.29) is 17.6 Å². The van der Waals surface area contributed by atoms with Gasteiger partial charge < -0.3 is 14.8 Å². The van der Waals surface area contributed by atoms with Gasteiger partial charge in [-0.15, -0.1) is 0 Å². The van der Waals surface area contributed by atoms with E-state index in [1.165, 1.54) is 5.56 Å². The number of amides is 1. The number of ketones is 1. The highest BCUT2D eigenvalue weighted by Gasteiger charge is 2.27. The number of benzene rings is 2. The molecule has 2 aromatic carbocycles. The number of anilines is 1. The van der Waals surface area contributed by atoms with Gasteiger partial charge in [0.1, 0.15) is 13.2 Å². The monoisotopic (exact) mass is 408 g/mol. The molecule has 2 aromatic rings. The van der Waals surface area contributed by atoms with Crippen molar-refractivity contribution in [3.63, 3.8) is 0 Å². The molecule has 2 aliphatic rings. The molecule has 30 heavy (non-hydrogen) atoms. The van der Waals surface area contributed by atoms with Crippen LogP contribution in [0.15, 0.2) is 42.5 Å². The molecule has 0 aliphatic carbocycles. The fraction of sp³-hybridized carbons (Fsp3) is 0.417. The van der Waals surface area contributed by atoms with E-state index in [0.29, 0.717) is 36.8 Å². The second kappa shape index (κ2) is 9.30. The predicted molar refractivity (Wildman–Crippen MR) is 115 cm³/mol. The van der Waals surface area contributed by atoms with Gasteiger partial charge in [0.15, 0.2) is 17.3 Å². The van der Waals surface area contributed by atoms with Crippen LogP contribution < -0.4 is 14.8 Å². The van der Waals surface area contributed by atoms with Crippen molar-refractivity contribution in [2.75, 3.05) is 38.2 Å². The van der Waals surface area contributed by atoms with Gasteiger partial charge in [-0.2, -0.15) is 0 Å². The Morgan fingerprint density at radius 2 is 1.80 bits per heavy atom. The molecule has 1 fully saturated rings. The first-order chi connectivity index (χ1) is 14.6. The fourth-order valence-corrected chi connectivity index (χ4v) is 4.06. The van der Waals surface area contributed by atoms with E-state index >= 15 is 0 Å². The molecule has 6 nitrogen and oxygen atoms in total. The van der Waals surface area contributed by atoms with Crippen molar-refractivity contribution >= 4 is 17.4 Å². The first-order valence-corrected chi connectivity index (χ1v) is 10.7. The van der Waals surface area contributed by atoms with Gasteiger partial charge in [-0.1, -0.05) is 19.1 Å². The number of carbonyl (C=O) groups excluding carboxylic acids is 2. The normalized spacial score (nSPS) is 16.8. The zero-order valence-electron chi connectivity index (χ0n) is 17.4. The number of rotatable bonds is 6. The number of hydrogen-bond donors (Lipinski definition) is 1. The molecule has 0 bridgehead atoms. The zero-order valence-corrected chi connectivity index (χ0v) is 17.4. The number of nitrogens with one attached hydrogen (secondary N) is 1. The lowest BCUT2D eigenvalue weighted by Crippen LogP contribution is -2.40. The van der Waals surface area contributed by atoms with Crippen LogP contribution in [0.1, 0.15) is 35.7 Å². The van der Waals surface area contributed by atoms with Crippen molar-refractivity contribution < 1.29 is 19.1 Å². The van der Waals surface area contributed by atoms with Crippen molar-refractivity contribution in [2.45, 2.75) is 26.2 Å². The Morgan fingerprint density at radius 1 is 1.03 bits per heavy atom. The average Bonchev–Trinajstić information content (AvgIpc) is 2.79. The van der Waals surface area contributed by atoms with Gasteiger partial charge in [0, 0.05) is 17.2 Å². The molecular weight excluding hydrogens is 380 g/mol. The Labute approximate surface area is 177 Å². The van der Waals surface area contributed by atoms with E-state index in [0.717, 1.165) is 38.0 Å². The Hall–Kier alpha value is -2.86. The number of nitrogens with zero attached hydrogens (tertiary/aromatic N) is 1. The van der Waals surface area contributed by atoms with Crippen molar-refractivity contribution in [1.29, 1.82) is 0 Å². The maximum absolute atomic E-state index is 12.9. The van der Waals surface area contributed by atoms with Crippen molar-refractivity contribution in [1.82, 2.24) is 4.90 Å². The highest BCUT2D eigenvalue weighted by Crippen LogP contribution is 2.32. The van der Waals surface area contributed by atoms with Crippen LogP contribution in [0, 0.1) is 5.92 Å². The third-order valence-electron chi connectivity index (χ3n) is 5.77. The van der Waals surface area contributed by atoms with Gasteiger partial charge in [0.25, 0.3) is 0 Å². The van der Waals surface area contributed by atoms with Gasteiger partial charge in [0.05, 0.1) is 6.54 Å². The fourth-order valence-electron chi connectivity index (χ4n) is 4.06. The minimum absolute atomic E-state index is 0.0140. The van der Waals surface area contributed by atoms with Crippen LogP contribution in [-0.4, -0.2) is 49.4 Å². The highest BCUT2D eigenvalue weighted by molar-refractivity contribution is 5.98. The molecular formula is C24H28N2O4. The summed E-state index contributed by atoms with van der Waals surface area (Å²) in [6.07, 6.45) is 2.45. The largest absolute Gasteiger partial charge is 0.486 e. The summed E-state index contributed by atoms with van der Waals surface area (Å²) in [5.41, 5.74) is 2.71.